The van der Waals surface area contributed by atoms with Crippen molar-refractivity contribution in [3.05, 3.63) is 57.3 Å². The number of halogens is 1. The van der Waals surface area contributed by atoms with Gasteiger partial charge < -0.3 is 13.4 Å². The van der Waals surface area contributed by atoms with E-state index in [1.807, 2.05) is 0 Å². The van der Waals surface area contributed by atoms with Gasteiger partial charge in [0.05, 0.1) is 5.69 Å². The lowest BCUT2D eigenvalue weighted by atomic mass is 10.1. The van der Waals surface area contributed by atoms with E-state index in [4.69, 9.17) is 8.37 Å². The van der Waals surface area contributed by atoms with Crippen molar-refractivity contribution in [2.24, 2.45) is 0 Å². The van der Waals surface area contributed by atoms with E-state index in [1.54, 1.807) is 13.8 Å². The third-order valence-corrected chi connectivity index (χ3v) is 3.85. The van der Waals surface area contributed by atoms with Crippen LogP contribution < -0.4 is 13.9 Å². The molecule has 0 bridgehead atoms. The fraction of sp³-hybridized carbons (Fsp3) is 0.214. The van der Waals surface area contributed by atoms with Crippen LogP contribution in [-0.4, -0.2) is 13.4 Å². The molecule has 0 unspecified atom stereocenters. The number of nitrogens with one attached hydrogen (secondary N) is 1. The zero-order chi connectivity index (χ0) is 16.5. The van der Waals surface area contributed by atoms with E-state index in [9.17, 15) is 17.6 Å². The van der Waals surface area contributed by atoms with Crippen LogP contribution in [0.2, 0.25) is 0 Å². The summed E-state index contributed by atoms with van der Waals surface area (Å²) in [5.41, 5.74) is 0.684. The van der Waals surface area contributed by atoms with E-state index in [0.717, 1.165) is 24.3 Å². The predicted octanol–water partition coefficient (Wildman–Crippen LogP) is 2.14. The van der Waals surface area contributed by atoms with Crippen LogP contribution in [0, 0.1) is 26.6 Å². The van der Waals surface area contributed by atoms with Crippen LogP contribution in [0.3, 0.4) is 0 Å². The van der Waals surface area contributed by atoms with Gasteiger partial charge in [-0.3, -0.25) is 4.79 Å². The second-order valence-corrected chi connectivity index (χ2v) is 5.84. The summed E-state index contributed by atoms with van der Waals surface area (Å²) in [6, 6.07) is 4.44. The van der Waals surface area contributed by atoms with Gasteiger partial charge in [0.2, 0.25) is 0 Å². The molecule has 0 amide bonds. The van der Waals surface area contributed by atoms with Crippen molar-refractivity contribution in [2.75, 3.05) is 0 Å². The number of rotatable bonds is 4. The molecule has 1 aromatic heterocycles. The molecule has 2 aromatic rings. The van der Waals surface area contributed by atoms with E-state index in [0.29, 0.717) is 11.1 Å². The Bertz CT molecular complexity index is 856. The molecule has 0 saturated heterocycles. The average Bonchev–Trinajstić information content (AvgIpc) is 2.44. The highest BCUT2D eigenvalue weighted by Gasteiger charge is 2.20. The molecule has 0 radical (unpaired) electrons. The van der Waals surface area contributed by atoms with Gasteiger partial charge in [0.25, 0.3) is 5.56 Å². The van der Waals surface area contributed by atoms with Crippen LogP contribution in [0.1, 0.15) is 16.8 Å². The number of benzene rings is 1. The smallest absolute Gasteiger partial charge is 0.353 e. The summed E-state index contributed by atoms with van der Waals surface area (Å²) in [4.78, 5) is 14.1. The minimum Gasteiger partial charge on any atom is -0.353 e. The van der Waals surface area contributed by atoms with E-state index in [-0.39, 0.29) is 22.8 Å². The lowest BCUT2D eigenvalue weighted by molar-refractivity contribution is 0.389. The first-order chi connectivity index (χ1) is 10.2. The van der Waals surface area contributed by atoms with Gasteiger partial charge in [-0.25, -0.2) is 4.39 Å². The lowest BCUT2D eigenvalue weighted by Gasteiger charge is -2.13. The Kier molecular flexibility index (Phi) is 4.23. The molecule has 118 valence electrons. The zero-order valence-corrected chi connectivity index (χ0v) is 13.0. The van der Waals surface area contributed by atoms with Crippen LogP contribution in [0.15, 0.2) is 29.1 Å². The molecule has 0 atom stereocenters. The Morgan fingerprint density at radius 1 is 1.00 bits per heavy atom. The van der Waals surface area contributed by atoms with E-state index < -0.39 is 16.2 Å². The van der Waals surface area contributed by atoms with Crippen LogP contribution in [0.4, 0.5) is 4.39 Å². The van der Waals surface area contributed by atoms with Crippen molar-refractivity contribution in [1.29, 1.82) is 0 Å². The highest BCUT2D eigenvalue weighted by atomic mass is 32.3. The van der Waals surface area contributed by atoms with Gasteiger partial charge in [-0.2, -0.15) is 0 Å². The lowest BCUT2D eigenvalue weighted by Crippen LogP contribution is -2.21. The molecular weight excluding hydrogens is 313 g/mol. The second kappa shape index (κ2) is 5.80. The molecule has 1 heterocycles. The minimum atomic E-state index is -4.42. The van der Waals surface area contributed by atoms with Crippen LogP contribution >= 0.6 is 0 Å². The van der Waals surface area contributed by atoms with Gasteiger partial charge in [0.15, 0.2) is 5.75 Å². The van der Waals surface area contributed by atoms with Crippen molar-refractivity contribution in [3.8, 4) is 11.5 Å². The third-order valence-electron chi connectivity index (χ3n) is 3.08. The van der Waals surface area contributed by atoms with Gasteiger partial charge in [-0.05, 0) is 45.0 Å². The summed E-state index contributed by atoms with van der Waals surface area (Å²) in [6.45, 7) is 4.63. The molecule has 22 heavy (non-hydrogen) atoms. The molecular formula is C14H14FNO5S. The molecule has 0 aliphatic rings. The SMILES string of the molecule is Cc1[nH]c(=O)c(C)c(C)c1OS(=O)(=O)Oc1ccc(F)cc1. The quantitative estimate of drug-likeness (QED) is 0.930. The summed E-state index contributed by atoms with van der Waals surface area (Å²) in [5, 5.41) is 0. The number of hydrogen-bond donors (Lipinski definition) is 1. The summed E-state index contributed by atoms with van der Waals surface area (Å²) < 4.78 is 46.3. The number of hydrogen-bond acceptors (Lipinski definition) is 5. The van der Waals surface area contributed by atoms with Crippen molar-refractivity contribution in [3.63, 3.8) is 0 Å². The molecule has 0 aliphatic heterocycles. The summed E-state index contributed by atoms with van der Waals surface area (Å²) in [6.07, 6.45) is 0. The minimum absolute atomic E-state index is 0.000730. The summed E-state index contributed by atoms with van der Waals surface area (Å²) in [7, 11) is -4.42. The summed E-state index contributed by atoms with van der Waals surface area (Å²) >= 11 is 0. The Morgan fingerprint density at radius 3 is 2.18 bits per heavy atom. The van der Waals surface area contributed by atoms with Gasteiger partial charge in [0.1, 0.15) is 11.6 Å². The normalized spacial score (nSPS) is 11.3. The first kappa shape index (κ1) is 16.0. The summed E-state index contributed by atoms with van der Waals surface area (Å²) in [5.74, 6) is -0.606. The number of aryl methyl sites for hydroxylation is 1. The first-order valence-corrected chi connectivity index (χ1v) is 7.62. The Balaban J connectivity index is 2.31. The van der Waals surface area contributed by atoms with Gasteiger partial charge in [-0.15, -0.1) is 8.42 Å². The molecule has 6 nitrogen and oxygen atoms in total. The Morgan fingerprint density at radius 2 is 1.59 bits per heavy atom. The maximum Gasteiger partial charge on any atom is 0.501 e. The molecule has 0 fully saturated rings. The highest BCUT2D eigenvalue weighted by molar-refractivity contribution is 7.82. The standard InChI is InChI=1S/C14H14FNO5S/c1-8-9(2)14(17)16-10(3)13(8)21-22(18,19)20-12-6-4-11(15)5-7-12/h4-7H,1-3H3,(H,16,17). The predicted molar refractivity (Wildman–Crippen MR) is 77.8 cm³/mol. The van der Waals surface area contributed by atoms with E-state index in [1.165, 1.54) is 6.92 Å². The average molecular weight is 327 g/mol. The monoisotopic (exact) mass is 327 g/mol. The van der Waals surface area contributed by atoms with Gasteiger partial charge in [-0.1, -0.05) is 0 Å². The molecule has 0 aliphatic carbocycles. The van der Waals surface area contributed by atoms with Crippen molar-refractivity contribution >= 4 is 10.4 Å². The number of pyridine rings is 1. The molecule has 2 rings (SSSR count). The highest BCUT2D eigenvalue weighted by Crippen LogP contribution is 2.24. The van der Waals surface area contributed by atoms with Crippen molar-refractivity contribution < 1.29 is 21.2 Å². The first-order valence-electron chi connectivity index (χ1n) is 6.29. The second-order valence-electron chi connectivity index (χ2n) is 4.69. The Hall–Kier alpha value is -2.35. The van der Waals surface area contributed by atoms with Crippen LogP contribution in [-0.2, 0) is 10.4 Å². The molecule has 0 saturated carbocycles. The largest absolute Gasteiger partial charge is 0.501 e. The molecule has 0 spiro atoms. The van der Waals surface area contributed by atoms with E-state index in [2.05, 4.69) is 4.98 Å². The van der Waals surface area contributed by atoms with Crippen LogP contribution in [0.5, 0.6) is 11.5 Å². The maximum atomic E-state index is 12.8. The fourth-order valence-corrected chi connectivity index (χ4v) is 2.63. The van der Waals surface area contributed by atoms with Crippen molar-refractivity contribution in [1.82, 2.24) is 4.98 Å². The fourth-order valence-electron chi connectivity index (χ4n) is 1.79. The van der Waals surface area contributed by atoms with Crippen molar-refractivity contribution in [2.45, 2.75) is 20.8 Å². The topological polar surface area (TPSA) is 85.5 Å². The van der Waals surface area contributed by atoms with Gasteiger partial charge >= 0.3 is 10.4 Å². The third kappa shape index (κ3) is 3.45. The molecule has 8 heteroatoms. The molecule has 1 aromatic carbocycles. The number of H-pyrrole nitrogens is 1. The number of aromatic nitrogens is 1. The number of aromatic amines is 1. The zero-order valence-electron chi connectivity index (χ0n) is 12.1. The van der Waals surface area contributed by atoms with Gasteiger partial charge in [0, 0.05) is 11.1 Å². The maximum absolute atomic E-state index is 12.8. The molecule has 1 N–H and O–H groups in total. The Labute approximate surface area is 126 Å². The van der Waals surface area contributed by atoms with E-state index >= 15 is 0 Å². The van der Waals surface area contributed by atoms with Crippen LogP contribution in [0.25, 0.3) is 0 Å².